The maximum absolute atomic E-state index is 12.3. The lowest BCUT2D eigenvalue weighted by Gasteiger charge is -2.18. The molecule has 2 aliphatic rings. The van der Waals surface area contributed by atoms with Crippen molar-refractivity contribution in [2.75, 3.05) is 26.2 Å². The molecule has 0 aromatic heterocycles. The molecule has 1 N–H and O–H groups in total. The molecule has 2 heterocycles. The Bertz CT molecular complexity index is 664. The fourth-order valence-electron chi connectivity index (χ4n) is 3.14. The van der Waals surface area contributed by atoms with Gasteiger partial charge >= 0.3 is 0 Å². The van der Waals surface area contributed by atoms with Crippen molar-refractivity contribution in [2.45, 2.75) is 19.3 Å². The lowest BCUT2D eigenvalue weighted by atomic mass is 10.1. The number of nitrogens with one attached hydrogen (secondary N) is 1. The smallest absolute Gasteiger partial charge is 0.259 e. The molecule has 6 heteroatoms. The summed E-state index contributed by atoms with van der Waals surface area (Å²) in [4.78, 5) is 39.1. The van der Waals surface area contributed by atoms with Crippen LogP contribution >= 0.6 is 0 Å². The molecule has 0 spiro atoms. The van der Waals surface area contributed by atoms with Crippen LogP contribution < -0.4 is 5.32 Å². The number of nitrogens with zero attached hydrogens (tertiary/aromatic N) is 2. The second kappa shape index (κ2) is 6.86. The fourth-order valence-corrected chi connectivity index (χ4v) is 3.14. The van der Waals surface area contributed by atoms with Gasteiger partial charge in [-0.3, -0.25) is 19.3 Å². The van der Waals surface area contributed by atoms with Crippen LogP contribution in [0.5, 0.6) is 0 Å². The van der Waals surface area contributed by atoms with E-state index in [1.54, 1.807) is 12.1 Å². The molecule has 2 aliphatic heterocycles. The molecule has 0 bridgehead atoms. The molecule has 0 atom stereocenters. The molecular weight excluding hydrogens is 306 g/mol. The summed E-state index contributed by atoms with van der Waals surface area (Å²) in [5.41, 5.74) is 1.93. The Morgan fingerprint density at radius 1 is 1.21 bits per heavy atom. The Kier molecular flexibility index (Phi) is 4.64. The van der Waals surface area contributed by atoms with Gasteiger partial charge in [0, 0.05) is 42.9 Å². The summed E-state index contributed by atoms with van der Waals surface area (Å²) in [5, 5.41) is 2.80. The third kappa shape index (κ3) is 3.18. The van der Waals surface area contributed by atoms with Gasteiger partial charge in [0.15, 0.2) is 0 Å². The van der Waals surface area contributed by atoms with Crippen molar-refractivity contribution in [3.8, 4) is 0 Å². The first-order valence-corrected chi connectivity index (χ1v) is 8.22. The van der Waals surface area contributed by atoms with Crippen molar-refractivity contribution < 1.29 is 14.4 Å². The van der Waals surface area contributed by atoms with Crippen LogP contribution in [0, 0.1) is 0 Å². The quantitative estimate of drug-likeness (QED) is 0.799. The van der Waals surface area contributed by atoms with Crippen molar-refractivity contribution >= 4 is 23.4 Å². The summed E-state index contributed by atoms with van der Waals surface area (Å²) in [6, 6.07) is 7.22. The van der Waals surface area contributed by atoms with E-state index in [9.17, 15) is 14.4 Å². The summed E-state index contributed by atoms with van der Waals surface area (Å²) in [6.07, 6.45) is 2.27. The van der Waals surface area contributed by atoms with Crippen molar-refractivity contribution in [3.63, 3.8) is 0 Å². The predicted molar refractivity (Wildman–Crippen MR) is 90.0 cm³/mol. The summed E-state index contributed by atoms with van der Waals surface area (Å²) < 4.78 is 0. The average molecular weight is 327 g/mol. The number of carbonyl (C=O) groups excluding carboxylic acids is 3. The van der Waals surface area contributed by atoms with Gasteiger partial charge in [0.2, 0.25) is 11.8 Å². The van der Waals surface area contributed by atoms with Gasteiger partial charge < -0.3 is 10.2 Å². The van der Waals surface area contributed by atoms with E-state index in [1.165, 1.54) is 4.90 Å². The van der Waals surface area contributed by atoms with Crippen LogP contribution in [-0.4, -0.2) is 53.7 Å². The van der Waals surface area contributed by atoms with Gasteiger partial charge in [-0.05, 0) is 18.9 Å². The van der Waals surface area contributed by atoms with E-state index in [1.807, 2.05) is 17.0 Å². The standard InChI is InChI=1S/C18H21N3O3/c1-13-14-6-2-3-7-15(14)18(24)21(13)12-16(22)19-9-5-11-20-10-4-8-17(20)23/h2-3,6-7H,1,4-5,8-12H2,(H,19,22). The van der Waals surface area contributed by atoms with E-state index in [-0.39, 0.29) is 24.3 Å². The van der Waals surface area contributed by atoms with Crippen molar-refractivity contribution in [1.82, 2.24) is 15.1 Å². The summed E-state index contributed by atoms with van der Waals surface area (Å²) >= 11 is 0. The molecule has 1 aromatic carbocycles. The lowest BCUT2D eigenvalue weighted by molar-refractivity contribution is -0.127. The van der Waals surface area contributed by atoms with Crippen molar-refractivity contribution in [3.05, 3.63) is 42.0 Å². The molecule has 0 saturated carbocycles. The van der Waals surface area contributed by atoms with E-state index >= 15 is 0 Å². The summed E-state index contributed by atoms with van der Waals surface area (Å²) in [6.45, 7) is 5.86. The number of rotatable bonds is 6. The summed E-state index contributed by atoms with van der Waals surface area (Å²) in [5.74, 6) is -0.212. The molecule has 126 valence electrons. The van der Waals surface area contributed by atoms with Crippen LogP contribution in [0.3, 0.4) is 0 Å². The monoisotopic (exact) mass is 327 g/mol. The van der Waals surface area contributed by atoms with Crippen LogP contribution in [0.4, 0.5) is 0 Å². The molecule has 0 radical (unpaired) electrons. The molecular formula is C18H21N3O3. The highest BCUT2D eigenvalue weighted by molar-refractivity contribution is 6.10. The number of carbonyl (C=O) groups is 3. The first-order chi connectivity index (χ1) is 11.6. The minimum atomic E-state index is -0.218. The zero-order valence-electron chi connectivity index (χ0n) is 13.6. The Morgan fingerprint density at radius 3 is 2.62 bits per heavy atom. The van der Waals surface area contributed by atoms with Gasteiger partial charge in [-0.15, -0.1) is 0 Å². The Morgan fingerprint density at radius 2 is 1.96 bits per heavy atom. The minimum Gasteiger partial charge on any atom is -0.354 e. The zero-order chi connectivity index (χ0) is 17.1. The van der Waals surface area contributed by atoms with Gasteiger partial charge in [-0.1, -0.05) is 24.8 Å². The molecule has 24 heavy (non-hydrogen) atoms. The Balaban J connectivity index is 1.45. The third-order valence-corrected chi connectivity index (χ3v) is 4.44. The highest BCUT2D eigenvalue weighted by Crippen LogP contribution is 2.30. The second-order valence-electron chi connectivity index (χ2n) is 6.07. The zero-order valence-corrected chi connectivity index (χ0v) is 13.6. The molecule has 6 nitrogen and oxygen atoms in total. The topological polar surface area (TPSA) is 69.7 Å². The van der Waals surface area contributed by atoms with Gasteiger partial charge in [0.25, 0.3) is 5.91 Å². The van der Waals surface area contributed by atoms with Gasteiger partial charge in [0.05, 0.1) is 0 Å². The number of benzene rings is 1. The molecule has 1 aromatic rings. The van der Waals surface area contributed by atoms with Crippen molar-refractivity contribution in [1.29, 1.82) is 0 Å². The molecule has 0 aliphatic carbocycles. The van der Waals surface area contributed by atoms with Crippen molar-refractivity contribution in [2.24, 2.45) is 0 Å². The molecule has 1 fully saturated rings. The fraction of sp³-hybridized carbons (Fsp3) is 0.389. The molecule has 1 saturated heterocycles. The first-order valence-electron chi connectivity index (χ1n) is 8.22. The van der Waals surface area contributed by atoms with Gasteiger partial charge in [-0.2, -0.15) is 0 Å². The van der Waals surface area contributed by atoms with Crippen LogP contribution in [0.1, 0.15) is 35.2 Å². The van der Waals surface area contributed by atoms with E-state index < -0.39 is 0 Å². The molecule has 3 rings (SSSR count). The van der Waals surface area contributed by atoms with E-state index in [4.69, 9.17) is 0 Å². The normalized spacial score (nSPS) is 16.8. The highest BCUT2D eigenvalue weighted by atomic mass is 16.2. The SMILES string of the molecule is C=C1c2ccccc2C(=O)N1CC(=O)NCCCN1CCCC1=O. The maximum Gasteiger partial charge on any atom is 0.259 e. The second-order valence-corrected chi connectivity index (χ2v) is 6.07. The van der Waals surface area contributed by atoms with Crippen LogP contribution in [0.15, 0.2) is 30.8 Å². The number of likely N-dealkylation sites (tertiary alicyclic amines) is 1. The Labute approximate surface area is 141 Å². The summed E-state index contributed by atoms with van der Waals surface area (Å²) in [7, 11) is 0. The first kappa shape index (κ1) is 16.2. The highest BCUT2D eigenvalue weighted by Gasteiger charge is 2.31. The van der Waals surface area contributed by atoms with Crippen LogP contribution in [0.2, 0.25) is 0 Å². The largest absolute Gasteiger partial charge is 0.354 e. The third-order valence-electron chi connectivity index (χ3n) is 4.44. The molecule has 0 unspecified atom stereocenters. The van der Waals surface area contributed by atoms with E-state index in [2.05, 4.69) is 11.9 Å². The number of amides is 3. The minimum absolute atomic E-state index is 0.0327. The molecule has 3 amide bonds. The average Bonchev–Trinajstić information content (AvgIpc) is 3.09. The van der Waals surface area contributed by atoms with Gasteiger partial charge in [0.1, 0.15) is 6.54 Å². The number of hydrogen-bond donors (Lipinski definition) is 1. The predicted octanol–water partition coefficient (Wildman–Crippen LogP) is 1.24. The Hall–Kier alpha value is -2.63. The van der Waals surface area contributed by atoms with Gasteiger partial charge in [-0.25, -0.2) is 0 Å². The van der Waals surface area contributed by atoms with E-state index in [0.717, 1.165) is 18.5 Å². The number of fused-ring (bicyclic) bond motifs is 1. The van der Waals surface area contributed by atoms with Crippen LogP contribution in [0.25, 0.3) is 5.70 Å². The number of hydrogen-bond acceptors (Lipinski definition) is 3. The van der Waals surface area contributed by atoms with Crippen LogP contribution in [-0.2, 0) is 9.59 Å². The van der Waals surface area contributed by atoms with E-state index in [0.29, 0.717) is 37.2 Å². The lowest BCUT2D eigenvalue weighted by Crippen LogP contribution is -2.38. The maximum atomic E-state index is 12.3.